The maximum Gasteiger partial charge on any atom is 0.227 e. The molecule has 2 unspecified atom stereocenters. The number of hydrogen-bond acceptors (Lipinski definition) is 3. The molecule has 2 atom stereocenters. The van der Waals surface area contributed by atoms with E-state index >= 15 is 0 Å². The lowest BCUT2D eigenvalue weighted by Crippen LogP contribution is -2.58. The molecule has 4 nitrogen and oxygen atoms in total. The van der Waals surface area contributed by atoms with E-state index in [1.807, 2.05) is 11.9 Å². The molecule has 2 fully saturated rings. The molecule has 0 aromatic heterocycles. The van der Waals surface area contributed by atoms with E-state index < -0.39 is 0 Å². The van der Waals surface area contributed by atoms with E-state index in [-0.39, 0.29) is 23.4 Å². The molecule has 116 valence electrons. The molecule has 2 aliphatic rings. The Bertz CT molecular complexity index is 339. The van der Waals surface area contributed by atoms with Crippen molar-refractivity contribution in [1.82, 2.24) is 9.80 Å². The molecule has 2 saturated carbocycles. The van der Waals surface area contributed by atoms with E-state index in [9.17, 15) is 4.79 Å². The highest BCUT2D eigenvalue weighted by molar-refractivity contribution is 5.79. The van der Waals surface area contributed by atoms with Crippen molar-refractivity contribution in [2.24, 2.45) is 11.7 Å². The third-order valence-electron chi connectivity index (χ3n) is 5.53. The van der Waals surface area contributed by atoms with Crippen LogP contribution >= 0.6 is 0 Å². The van der Waals surface area contributed by atoms with Crippen LogP contribution in [0.3, 0.4) is 0 Å². The summed E-state index contributed by atoms with van der Waals surface area (Å²) in [6.45, 7) is 0.849. The summed E-state index contributed by atoms with van der Waals surface area (Å²) < 4.78 is 0. The van der Waals surface area contributed by atoms with E-state index in [4.69, 9.17) is 5.73 Å². The van der Waals surface area contributed by atoms with Gasteiger partial charge >= 0.3 is 0 Å². The Balaban J connectivity index is 1.97. The van der Waals surface area contributed by atoms with Gasteiger partial charge in [-0.05, 0) is 46.2 Å². The Morgan fingerprint density at radius 2 is 1.75 bits per heavy atom. The van der Waals surface area contributed by atoms with Crippen molar-refractivity contribution in [3.05, 3.63) is 0 Å². The van der Waals surface area contributed by atoms with Crippen molar-refractivity contribution in [3.8, 4) is 0 Å². The third-order valence-corrected chi connectivity index (χ3v) is 5.53. The topological polar surface area (TPSA) is 49.6 Å². The van der Waals surface area contributed by atoms with Crippen LogP contribution in [0.4, 0.5) is 0 Å². The molecule has 4 heteroatoms. The first kappa shape index (κ1) is 15.8. The molecule has 2 N–H and O–H groups in total. The largest absolute Gasteiger partial charge is 0.344 e. The number of rotatable bonds is 4. The van der Waals surface area contributed by atoms with Crippen LogP contribution in [0.2, 0.25) is 0 Å². The lowest BCUT2D eigenvalue weighted by molar-refractivity contribution is -0.137. The summed E-state index contributed by atoms with van der Waals surface area (Å²) in [6, 6.07) is 0.0594. The summed E-state index contributed by atoms with van der Waals surface area (Å²) in [7, 11) is 6.23. The summed E-state index contributed by atoms with van der Waals surface area (Å²) >= 11 is 0. The Kier molecular flexibility index (Phi) is 5.08. The summed E-state index contributed by atoms with van der Waals surface area (Å²) in [4.78, 5) is 17.0. The van der Waals surface area contributed by atoms with Crippen LogP contribution in [0.15, 0.2) is 0 Å². The predicted octanol–water partition coefficient (Wildman–Crippen LogP) is 1.84. The molecule has 0 heterocycles. The molecule has 0 aromatic carbocycles. The molecule has 0 radical (unpaired) electrons. The minimum Gasteiger partial charge on any atom is -0.344 e. The van der Waals surface area contributed by atoms with Gasteiger partial charge in [0, 0.05) is 25.2 Å². The van der Waals surface area contributed by atoms with E-state index in [0.29, 0.717) is 0 Å². The first-order valence-electron chi connectivity index (χ1n) is 8.14. The van der Waals surface area contributed by atoms with Crippen molar-refractivity contribution < 1.29 is 4.79 Å². The van der Waals surface area contributed by atoms with Gasteiger partial charge < -0.3 is 15.5 Å². The number of nitrogens with two attached hydrogens (primary N) is 1. The van der Waals surface area contributed by atoms with Crippen LogP contribution in [0.5, 0.6) is 0 Å². The van der Waals surface area contributed by atoms with Gasteiger partial charge in [-0.15, -0.1) is 0 Å². The lowest BCUT2D eigenvalue weighted by Gasteiger charge is -2.49. The number of hydrogen-bond donors (Lipinski definition) is 1. The van der Waals surface area contributed by atoms with Gasteiger partial charge in [0.2, 0.25) is 5.91 Å². The van der Waals surface area contributed by atoms with Gasteiger partial charge in [0.1, 0.15) is 0 Å². The maximum atomic E-state index is 12.7. The van der Waals surface area contributed by atoms with Gasteiger partial charge in [-0.2, -0.15) is 0 Å². The molecule has 0 aliphatic heterocycles. The summed E-state index contributed by atoms with van der Waals surface area (Å²) in [5, 5.41) is 0. The fraction of sp³-hybridized carbons (Fsp3) is 0.938. The minimum absolute atomic E-state index is 0.0433. The second-order valence-corrected chi connectivity index (χ2v) is 7.07. The zero-order valence-electron chi connectivity index (χ0n) is 13.4. The van der Waals surface area contributed by atoms with E-state index in [1.54, 1.807) is 0 Å². The van der Waals surface area contributed by atoms with Crippen molar-refractivity contribution in [2.75, 3.05) is 27.7 Å². The summed E-state index contributed by atoms with van der Waals surface area (Å²) in [5.74, 6) is 0.314. The standard InChI is InChI=1S/C16H31N3O/c1-18(2)16(10-7-11-16)12-19(3)15(20)13-8-5-4-6-9-14(13)17/h13-14H,4-12,17H2,1-3H3. The average Bonchev–Trinajstić information content (AvgIpc) is 2.56. The first-order valence-corrected chi connectivity index (χ1v) is 8.14. The second-order valence-electron chi connectivity index (χ2n) is 7.07. The summed E-state index contributed by atoms with van der Waals surface area (Å²) in [5.41, 5.74) is 6.44. The Hall–Kier alpha value is -0.610. The molecule has 0 saturated heterocycles. The smallest absolute Gasteiger partial charge is 0.227 e. The second kappa shape index (κ2) is 6.44. The van der Waals surface area contributed by atoms with Gasteiger partial charge in [-0.25, -0.2) is 0 Å². The Morgan fingerprint density at radius 1 is 1.10 bits per heavy atom. The van der Waals surface area contributed by atoms with Crippen LogP contribution in [-0.2, 0) is 4.79 Å². The molecule has 1 amide bonds. The molecule has 0 spiro atoms. The molecule has 0 bridgehead atoms. The molecular weight excluding hydrogens is 250 g/mol. The van der Waals surface area contributed by atoms with E-state index in [0.717, 1.165) is 25.8 Å². The normalized spacial score (nSPS) is 29.6. The van der Waals surface area contributed by atoms with Crippen LogP contribution in [0.25, 0.3) is 0 Å². The van der Waals surface area contributed by atoms with Crippen molar-refractivity contribution in [2.45, 2.75) is 62.9 Å². The van der Waals surface area contributed by atoms with Crippen molar-refractivity contribution in [3.63, 3.8) is 0 Å². The molecule has 20 heavy (non-hydrogen) atoms. The van der Waals surface area contributed by atoms with Crippen LogP contribution in [0.1, 0.15) is 51.4 Å². The van der Waals surface area contributed by atoms with Crippen LogP contribution in [-0.4, -0.2) is 55.0 Å². The van der Waals surface area contributed by atoms with Gasteiger partial charge in [0.25, 0.3) is 0 Å². The van der Waals surface area contributed by atoms with Crippen molar-refractivity contribution >= 4 is 5.91 Å². The maximum absolute atomic E-state index is 12.7. The number of carbonyl (C=O) groups is 1. The van der Waals surface area contributed by atoms with Gasteiger partial charge in [0.05, 0.1) is 5.92 Å². The van der Waals surface area contributed by atoms with Crippen molar-refractivity contribution in [1.29, 1.82) is 0 Å². The predicted molar refractivity (Wildman–Crippen MR) is 82.5 cm³/mol. The quantitative estimate of drug-likeness (QED) is 0.800. The van der Waals surface area contributed by atoms with Crippen LogP contribution < -0.4 is 5.73 Å². The zero-order chi connectivity index (χ0) is 14.8. The molecule has 2 rings (SSSR count). The highest BCUT2D eigenvalue weighted by Crippen LogP contribution is 2.37. The molecular formula is C16H31N3O. The number of likely N-dealkylation sites (N-methyl/N-ethyl adjacent to an activating group) is 2. The van der Waals surface area contributed by atoms with Crippen LogP contribution in [0, 0.1) is 5.92 Å². The average molecular weight is 281 g/mol. The van der Waals surface area contributed by atoms with Gasteiger partial charge in [-0.1, -0.05) is 19.3 Å². The first-order chi connectivity index (χ1) is 9.46. The number of carbonyl (C=O) groups excluding carboxylic acids is 1. The fourth-order valence-corrected chi connectivity index (χ4v) is 3.78. The minimum atomic E-state index is 0.0433. The van der Waals surface area contributed by atoms with Gasteiger partial charge in [0.15, 0.2) is 0 Å². The van der Waals surface area contributed by atoms with E-state index in [1.165, 1.54) is 32.1 Å². The summed E-state index contributed by atoms with van der Waals surface area (Å²) in [6.07, 6.45) is 9.21. The Morgan fingerprint density at radius 3 is 2.30 bits per heavy atom. The highest BCUT2D eigenvalue weighted by atomic mass is 16.2. The zero-order valence-corrected chi connectivity index (χ0v) is 13.4. The molecule has 2 aliphatic carbocycles. The third kappa shape index (κ3) is 3.17. The van der Waals surface area contributed by atoms with Gasteiger partial charge in [-0.3, -0.25) is 4.79 Å². The number of amides is 1. The Labute approximate surface area is 123 Å². The monoisotopic (exact) mass is 281 g/mol. The fourth-order valence-electron chi connectivity index (χ4n) is 3.78. The lowest BCUT2D eigenvalue weighted by atomic mass is 9.75. The SMILES string of the molecule is CN(CC1(N(C)C)CCC1)C(=O)C1CCCCCC1N. The molecule has 0 aromatic rings. The highest BCUT2D eigenvalue weighted by Gasteiger charge is 2.41. The number of nitrogens with zero attached hydrogens (tertiary/aromatic N) is 2. The van der Waals surface area contributed by atoms with E-state index in [2.05, 4.69) is 19.0 Å².